The number of hydrogen-bond acceptors (Lipinski definition) is 6. The number of rotatable bonds is 4. The summed E-state index contributed by atoms with van der Waals surface area (Å²) in [5.74, 6) is 0.714. The van der Waals surface area contributed by atoms with Gasteiger partial charge in [0.25, 0.3) is 0 Å². The Bertz CT molecular complexity index is 1290. The molecular weight excluding hydrogens is 404 g/mol. The summed E-state index contributed by atoms with van der Waals surface area (Å²) in [6.45, 7) is 0. The van der Waals surface area contributed by atoms with Gasteiger partial charge in [-0.05, 0) is 60.3 Å². The van der Waals surface area contributed by atoms with E-state index in [1.165, 1.54) is 11.8 Å². The number of hydrogen-bond donors (Lipinski definition) is 0. The summed E-state index contributed by atoms with van der Waals surface area (Å²) in [5, 5.41) is 10.9. The average molecular weight is 417 g/mol. The summed E-state index contributed by atoms with van der Waals surface area (Å²) in [4.78, 5) is 13.3. The van der Waals surface area contributed by atoms with E-state index in [-0.39, 0.29) is 0 Å². The van der Waals surface area contributed by atoms with E-state index in [0.29, 0.717) is 16.0 Å². The highest BCUT2D eigenvalue weighted by molar-refractivity contribution is 7.99. The lowest BCUT2D eigenvalue weighted by Gasteiger charge is -2.10. The first-order chi connectivity index (χ1) is 14.3. The molecule has 140 valence electrons. The van der Waals surface area contributed by atoms with Crippen LogP contribution in [0.15, 0.2) is 89.4 Å². The van der Waals surface area contributed by atoms with Gasteiger partial charge in [-0.1, -0.05) is 23.7 Å². The lowest BCUT2D eigenvalue weighted by molar-refractivity contribution is 0.882. The quantitative estimate of drug-likeness (QED) is 0.407. The predicted molar refractivity (Wildman–Crippen MR) is 113 cm³/mol. The number of aromatic nitrogens is 6. The second-order valence-electron chi connectivity index (χ2n) is 6.15. The SMILES string of the molecule is Clc1ccc(-n2c(Sc3cnc4ccccc4n3)nnc2-c2ccncc2)cc1. The van der Waals surface area contributed by atoms with Crippen molar-refractivity contribution in [1.29, 1.82) is 0 Å². The van der Waals surface area contributed by atoms with Gasteiger partial charge in [0, 0.05) is 28.7 Å². The highest BCUT2D eigenvalue weighted by Gasteiger charge is 2.17. The van der Waals surface area contributed by atoms with Gasteiger partial charge in [-0.3, -0.25) is 14.5 Å². The highest BCUT2D eigenvalue weighted by Crippen LogP contribution is 2.32. The van der Waals surface area contributed by atoms with Crippen LogP contribution in [0.25, 0.3) is 28.1 Å². The van der Waals surface area contributed by atoms with Gasteiger partial charge in [-0.15, -0.1) is 10.2 Å². The van der Waals surface area contributed by atoms with Crippen LogP contribution < -0.4 is 0 Å². The molecule has 0 bridgehead atoms. The van der Waals surface area contributed by atoms with Crippen LogP contribution in [-0.2, 0) is 0 Å². The Kier molecular flexibility index (Phi) is 4.67. The molecule has 0 spiro atoms. The summed E-state index contributed by atoms with van der Waals surface area (Å²) < 4.78 is 1.98. The lowest BCUT2D eigenvalue weighted by Crippen LogP contribution is -2.00. The largest absolute Gasteiger partial charge is 0.270 e. The molecule has 0 unspecified atom stereocenters. The molecule has 29 heavy (non-hydrogen) atoms. The van der Waals surface area contributed by atoms with Gasteiger partial charge in [-0.2, -0.15) is 0 Å². The van der Waals surface area contributed by atoms with Crippen molar-refractivity contribution in [3.63, 3.8) is 0 Å². The van der Waals surface area contributed by atoms with E-state index in [1.54, 1.807) is 18.6 Å². The normalized spacial score (nSPS) is 11.1. The van der Waals surface area contributed by atoms with Gasteiger partial charge in [0.2, 0.25) is 5.16 Å². The van der Waals surface area contributed by atoms with E-state index in [0.717, 1.165) is 27.3 Å². The summed E-state index contributed by atoms with van der Waals surface area (Å²) in [7, 11) is 0. The number of para-hydroxylation sites is 2. The molecule has 3 aromatic heterocycles. The fraction of sp³-hybridized carbons (Fsp3) is 0. The molecule has 3 heterocycles. The molecule has 0 atom stereocenters. The Labute approximate surface area is 175 Å². The molecule has 0 saturated heterocycles. The summed E-state index contributed by atoms with van der Waals surface area (Å²) in [6.07, 6.45) is 5.22. The van der Waals surface area contributed by atoms with Gasteiger partial charge >= 0.3 is 0 Å². The third-order valence-electron chi connectivity index (χ3n) is 4.28. The molecule has 0 aliphatic heterocycles. The van der Waals surface area contributed by atoms with Crippen LogP contribution in [0.5, 0.6) is 0 Å². The molecule has 8 heteroatoms. The Balaban J connectivity index is 1.62. The fourth-order valence-corrected chi connectivity index (χ4v) is 3.86. The average Bonchev–Trinajstić information content (AvgIpc) is 3.18. The first-order valence-corrected chi connectivity index (χ1v) is 9.99. The molecule has 2 aromatic carbocycles. The zero-order valence-corrected chi connectivity index (χ0v) is 16.5. The molecule has 0 radical (unpaired) electrons. The van der Waals surface area contributed by atoms with Gasteiger partial charge in [0.15, 0.2) is 5.82 Å². The van der Waals surface area contributed by atoms with E-state index in [2.05, 4.69) is 25.1 Å². The zero-order chi connectivity index (χ0) is 19.6. The van der Waals surface area contributed by atoms with Crippen molar-refractivity contribution in [1.82, 2.24) is 29.7 Å². The summed E-state index contributed by atoms with van der Waals surface area (Å²) in [6, 6.07) is 19.1. The zero-order valence-electron chi connectivity index (χ0n) is 15.0. The predicted octanol–water partition coefficient (Wildman–Crippen LogP) is 5.08. The second-order valence-corrected chi connectivity index (χ2v) is 7.58. The van der Waals surface area contributed by atoms with Crippen LogP contribution in [0, 0.1) is 0 Å². The Hall–Kier alpha value is -3.29. The minimum absolute atomic E-state index is 0.668. The first-order valence-electron chi connectivity index (χ1n) is 8.79. The molecule has 0 fully saturated rings. The van der Waals surface area contributed by atoms with Gasteiger partial charge in [0.1, 0.15) is 5.03 Å². The van der Waals surface area contributed by atoms with Crippen molar-refractivity contribution in [3.8, 4) is 17.1 Å². The molecule has 0 aliphatic carbocycles. The van der Waals surface area contributed by atoms with Crippen molar-refractivity contribution in [2.24, 2.45) is 0 Å². The third-order valence-corrected chi connectivity index (χ3v) is 5.38. The second kappa shape index (κ2) is 7.62. The maximum atomic E-state index is 6.08. The maximum absolute atomic E-state index is 6.08. The molecular formula is C21H13ClN6S. The minimum atomic E-state index is 0.668. The lowest BCUT2D eigenvalue weighted by atomic mass is 10.2. The van der Waals surface area contributed by atoms with Crippen LogP contribution in [0.2, 0.25) is 5.02 Å². The molecule has 0 aliphatic rings. The number of fused-ring (bicyclic) bond motifs is 1. The number of halogens is 1. The smallest absolute Gasteiger partial charge is 0.202 e. The molecule has 0 N–H and O–H groups in total. The Morgan fingerprint density at radius 2 is 1.59 bits per heavy atom. The van der Waals surface area contributed by atoms with E-state index in [4.69, 9.17) is 11.6 Å². The maximum Gasteiger partial charge on any atom is 0.202 e. The Morgan fingerprint density at radius 1 is 0.828 bits per heavy atom. The first kappa shape index (κ1) is 17.8. The van der Waals surface area contributed by atoms with Gasteiger partial charge in [-0.25, -0.2) is 4.98 Å². The van der Waals surface area contributed by atoms with E-state index < -0.39 is 0 Å². The third kappa shape index (κ3) is 3.57. The van der Waals surface area contributed by atoms with Crippen LogP contribution in [-0.4, -0.2) is 29.7 Å². The molecule has 6 nitrogen and oxygen atoms in total. The minimum Gasteiger partial charge on any atom is -0.270 e. The standard InChI is InChI=1S/C21H13ClN6S/c22-15-5-7-16(8-6-15)28-20(14-9-11-23-12-10-14)26-27-21(28)29-19-13-24-17-3-1-2-4-18(17)25-19/h1-13H. The van der Waals surface area contributed by atoms with Gasteiger partial charge < -0.3 is 0 Å². The highest BCUT2D eigenvalue weighted by atomic mass is 35.5. The van der Waals surface area contributed by atoms with Crippen LogP contribution in [0.3, 0.4) is 0 Å². The molecule has 5 rings (SSSR count). The van der Waals surface area contributed by atoms with Crippen molar-refractivity contribution < 1.29 is 0 Å². The fourth-order valence-electron chi connectivity index (χ4n) is 2.93. The van der Waals surface area contributed by atoms with Crippen LogP contribution in [0.1, 0.15) is 0 Å². The molecule has 5 aromatic rings. The van der Waals surface area contributed by atoms with Gasteiger partial charge in [0.05, 0.1) is 17.2 Å². The van der Waals surface area contributed by atoms with Crippen LogP contribution >= 0.6 is 23.4 Å². The number of benzene rings is 2. The van der Waals surface area contributed by atoms with E-state index in [1.807, 2.05) is 65.2 Å². The van der Waals surface area contributed by atoms with Crippen molar-refractivity contribution in [2.45, 2.75) is 10.2 Å². The van der Waals surface area contributed by atoms with Crippen molar-refractivity contribution in [2.75, 3.05) is 0 Å². The topological polar surface area (TPSA) is 69.4 Å². The van der Waals surface area contributed by atoms with E-state index >= 15 is 0 Å². The number of nitrogens with zero attached hydrogens (tertiary/aromatic N) is 6. The van der Waals surface area contributed by atoms with Crippen LogP contribution in [0.4, 0.5) is 0 Å². The van der Waals surface area contributed by atoms with E-state index in [9.17, 15) is 0 Å². The summed E-state index contributed by atoms with van der Waals surface area (Å²) in [5.41, 5.74) is 3.51. The van der Waals surface area contributed by atoms with Crippen molar-refractivity contribution in [3.05, 3.63) is 84.3 Å². The van der Waals surface area contributed by atoms with Crippen molar-refractivity contribution >= 4 is 34.4 Å². The Morgan fingerprint density at radius 3 is 2.38 bits per heavy atom. The summed E-state index contributed by atoms with van der Waals surface area (Å²) >= 11 is 7.49. The molecule has 0 saturated carbocycles. The molecule has 0 amide bonds. The number of pyridine rings is 1. The monoisotopic (exact) mass is 416 g/mol.